The summed E-state index contributed by atoms with van der Waals surface area (Å²) in [7, 11) is 1.76. The van der Waals surface area contributed by atoms with Crippen LogP contribution in [0.2, 0.25) is 0 Å². The van der Waals surface area contributed by atoms with E-state index in [1.807, 2.05) is 4.90 Å². The number of methoxy groups -OCH3 is 1. The lowest BCUT2D eigenvalue weighted by Crippen LogP contribution is -2.70. The summed E-state index contributed by atoms with van der Waals surface area (Å²) in [6, 6.07) is 7.58. The van der Waals surface area contributed by atoms with Crippen LogP contribution in [0.15, 0.2) is 18.2 Å². The van der Waals surface area contributed by atoms with Crippen LogP contribution in [0.4, 0.5) is 4.79 Å². The highest BCUT2D eigenvalue weighted by molar-refractivity contribution is 6.67. The molecule has 1 aromatic carbocycles. The number of hydrogen-bond donors (Lipinski definition) is 0. The maximum Gasteiger partial charge on any atom is 0.410 e. The minimum Gasteiger partial charge on any atom is -0.497 e. The van der Waals surface area contributed by atoms with Crippen LogP contribution in [0.1, 0.15) is 49.7 Å². The van der Waals surface area contributed by atoms with Crippen molar-refractivity contribution in [2.24, 2.45) is 23.2 Å². The molecule has 2 aliphatic heterocycles. The van der Waals surface area contributed by atoms with Gasteiger partial charge in [0.25, 0.3) is 0 Å². The third-order valence-electron chi connectivity index (χ3n) is 10.6. The number of alkyl halides is 3. The number of benzene rings is 1. The lowest BCUT2D eigenvalue weighted by atomic mass is 9.43. The second kappa shape index (κ2) is 7.82. The minimum absolute atomic E-state index is 0.0949. The number of rotatable bonds is 4. The van der Waals surface area contributed by atoms with Gasteiger partial charge in [0.1, 0.15) is 12.4 Å². The summed E-state index contributed by atoms with van der Waals surface area (Å²) in [6.45, 7) is 2.96. The Morgan fingerprint density at radius 1 is 1.20 bits per heavy atom. The molecule has 6 atom stereocenters. The number of halogens is 3. The summed E-state index contributed by atoms with van der Waals surface area (Å²) in [5.41, 5.74) is 3.38. The fourth-order valence-electron chi connectivity index (χ4n) is 9.50. The highest BCUT2D eigenvalue weighted by Crippen LogP contribution is 2.75. The van der Waals surface area contributed by atoms with Crippen LogP contribution in [0.5, 0.6) is 5.75 Å². The van der Waals surface area contributed by atoms with E-state index in [4.69, 9.17) is 44.3 Å². The molecule has 35 heavy (non-hydrogen) atoms. The quantitative estimate of drug-likeness (QED) is 0.469. The van der Waals surface area contributed by atoms with Gasteiger partial charge in [0, 0.05) is 30.6 Å². The lowest BCUT2D eigenvalue weighted by Gasteiger charge is -2.66. The molecule has 1 aromatic rings. The Morgan fingerprint density at radius 2 is 2.03 bits per heavy atom. The highest BCUT2D eigenvalue weighted by Gasteiger charge is 2.76. The van der Waals surface area contributed by atoms with Crippen molar-refractivity contribution >= 4 is 40.9 Å². The molecule has 7 rings (SSSR count). The molecule has 0 N–H and O–H groups in total. The number of amides is 1. The van der Waals surface area contributed by atoms with E-state index in [1.165, 1.54) is 49.8 Å². The Labute approximate surface area is 222 Å². The Morgan fingerprint density at radius 3 is 2.77 bits per heavy atom. The Hall–Kier alpha value is -0.880. The first-order valence-electron chi connectivity index (χ1n) is 13.2. The molecule has 5 nitrogen and oxygen atoms in total. The number of fused-ring (bicyclic) bond motifs is 1. The van der Waals surface area contributed by atoms with E-state index in [9.17, 15) is 4.79 Å². The molecule has 5 unspecified atom stereocenters. The van der Waals surface area contributed by atoms with Crippen molar-refractivity contribution in [3.05, 3.63) is 29.3 Å². The van der Waals surface area contributed by atoms with Crippen molar-refractivity contribution in [3.8, 4) is 5.75 Å². The third kappa shape index (κ3) is 3.26. The van der Waals surface area contributed by atoms with Gasteiger partial charge in [-0.1, -0.05) is 40.9 Å². The van der Waals surface area contributed by atoms with Gasteiger partial charge in [-0.25, -0.2) is 4.79 Å². The average Bonchev–Trinajstić information content (AvgIpc) is 3.51. The van der Waals surface area contributed by atoms with Crippen molar-refractivity contribution < 1.29 is 14.3 Å². The van der Waals surface area contributed by atoms with E-state index in [0.29, 0.717) is 23.3 Å². The van der Waals surface area contributed by atoms with Crippen molar-refractivity contribution in [1.82, 2.24) is 9.80 Å². The first-order valence-corrected chi connectivity index (χ1v) is 14.3. The predicted molar refractivity (Wildman–Crippen MR) is 136 cm³/mol. The molecule has 0 spiro atoms. The molecule has 3 saturated carbocycles. The largest absolute Gasteiger partial charge is 0.497 e. The van der Waals surface area contributed by atoms with E-state index in [2.05, 4.69) is 23.1 Å². The van der Waals surface area contributed by atoms with Crippen molar-refractivity contribution in [3.63, 3.8) is 0 Å². The third-order valence-corrected chi connectivity index (χ3v) is 10.9. The Balaban J connectivity index is 1.29. The van der Waals surface area contributed by atoms with Crippen molar-refractivity contribution in [2.75, 3.05) is 33.4 Å². The lowest BCUT2D eigenvalue weighted by molar-refractivity contribution is -0.103. The van der Waals surface area contributed by atoms with Crippen LogP contribution in [0.3, 0.4) is 0 Å². The highest BCUT2D eigenvalue weighted by atomic mass is 35.6. The van der Waals surface area contributed by atoms with Crippen molar-refractivity contribution in [1.29, 1.82) is 0 Å². The molecule has 0 aromatic heterocycles. The number of carbonyl (C=O) groups excluding carboxylic acids is 1. The SMILES string of the molecule is COc1ccc2c(c1)C13CCN(CC4CC4)C(C2)C12CCC1C3[C@@H](CN1C(=O)OCC(Cl)(Cl)Cl)C2. The van der Waals surface area contributed by atoms with Crippen LogP contribution in [0.25, 0.3) is 0 Å². The summed E-state index contributed by atoms with van der Waals surface area (Å²) in [4.78, 5) is 18.0. The number of ether oxygens (including phenoxy) is 2. The van der Waals surface area contributed by atoms with Gasteiger partial charge >= 0.3 is 6.09 Å². The molecule has 0 radical (unpaired) electrons. The van der Waals surface area contributed by atoms with Gasteiger partial charge in [0.05, 0.1) is 7.11 Å². The van der Waals surface area contributed by atoms with E-state index in [1.54, 1.807) is 7.11 Å². The van der Waals surface area contributed by atoms with Gasteiger partial charge in [-0.2, -0.15) is 0 Å². The monoisotopic (exact) mass is 538 g/mol. The number of likely N-dealkylation sites (tertiary alicyclic amines) is 2. The summed E-state index contributed by atoms with van der Waals surface area (Å²) in [5, 5.41) is 0. The van der Waals surface area contributed by atoms with Gasteiger partial charge in [0.2, 0.25) is 3.79 Å². The molecule has 4 bridgehead atoms. The number of nitrogens with zero attached hydrogens (tertiary/aromatic N) is 2. The molecule has 2 heterocycles. The molecule has 5 fully saturated rings. The molecule has 6 aliphatic rings. The second-order valence-corrected chi connectivity index (χ2v) is 14.5. The minimum atomic E-state index is -1.59. The van der Waals surface area contributed by atoms with Gasteiger partial charge in [-0.05, 0) is 97.9 Å². The summed E-state index contributed by atoms with van der Waals surface area (Å²) in [5.74, 6) is 2.79. The second-order valence-electron chi connectivity index (χ2n) is 12.0. The molecule has 1 amide bonds. The molecular weight excluding hydrogens is 507 g/mol. The van der Waals surface area contributed by atoms with Gasteiger partial charge < -0.3 is 14.4 Å². The maximum absolute atomic E-state index is 13.2. The van der Waals surface area contributed by atoms with E-state index < -0.39 is 3.79 Å². The first-order chi connectivity index (χ1) is 16.8. The van der Waals surface area contributed by atoms with Gasteiger partial charge in [-0.3, -0.25) is 4.90 Å². The smallest absolute Gasteiger partial charge is 0.410 e. The molecule has 190 valence electrons. The van der Waals surface area contributed by atoms with Gasteiger partial charge in [0.15, 0.2) is 0 Å². The van der Waals surface area contributed by atoms with E-state index >= 15 is 0 Å². The van der Waals surface area contributed by atoms with Crippen LogP contribution < -0.4 is 4.74 Å². The van der Waals surface area contributed by atoms with Crippen LogP contribution in [-0.2, 0) is 16.6 Å². The number of carbonyl (C=O) groups is 1. The van der Waals surface area contributed by atoms with Crippen molar-refractivity contribution in [2.45, 2.75) is 66.2 Å². The van der Waals surface area contributed by atoms with Crippen LogP contribution >= 0.6 is 34.8 Å². The number of hydrogen-bond acceptors (Lipinski definition) is 4. The zero-order valence-electron chi connectivity index (χ0n) is 20.2. The Bertz CT molecular complexity index is 1060. The molecule has 4 aliphatic carbocycles. The molecule has 8 heteroatoms. The zero-order chi connectivity index (χ0) is 24.2. The van der Waals surface area contributed by atoms with E-state index in [0.717, 1.165) is 37.6 Å². The summed E-state index contributed by atoms with van der Waals surface area (Å²) in [6.07, 6.45) is 8.19. The topological polar surface area (TPSA) is 42.0 Å². The van der Waals surface area contributed by atoms with Gasteiger partial charge in [-0.15, -0.1) is 0 Å². The first kappa shape index (κ1) is 23.3. The van der Waals surface area contributed by atoms with Crippen LogP contribution in [0, 0.1) is 23.2 Å². The number of piperidine rings is 1. The summed E-state index contributed by atoms with van der Waals surface area (Å²) < 4.78 is 9.61. The fourth-order valence-corrected chi connectivity index (χ4v) is 9.66. The maximum atomic E-state index is 13.2. The van der Waals surface area contributed by atoms with E-state index in [-0.39, 0.29) is 24.2 Å². The molecular formula is C27H33Cl3N2O3. The molecule has 2 saturated heterocycles. The Kier molecular flexibility index (Phi) is 5.19. The summed E-state index contributed by atoms with van der Waals surface area (Å²) >= 11 is 17.6. The normalized spacial score (nSPS) is 39.3. The average molecular weight is 540 g/mol. The predicted octanol–water partition coefficient (Wildman–Crippen LogP) is 5.58. The zero-order valence-corrected chi connectivity index (χ0v) is 22.4. The standard InChI is InChI=1S/C27H33Cl3N2O3/c1-34-19-5-4-17-10-22-25-7-6-21-23(18(12-25)14-32(21)24(33)35-15-27(28,29)30)26(25,20(17)11-19)8-9-31(22)13-16-2-3-16/h4-5,11,16,18,21-23H,2-3,6-10,12-15H2,1H3/t18-,21?,22?,23?,25?,26?/m1/s1. The fraction of sp³-hybridized carbons (Fsp3) is 0.741. The van der Waals surface area contributed by atoms with Crippen LogP contribution in [-0.4, -0.2) is 65.1 Å².